The van der Waals surface area contributed by atoms with Gasteiger partial charge in [-0.15, -0.1) is 0 Å². The topological polar surface area (TPSA) is 55.5 Å². The second kappa shape index (κ2) is 5.20. The summed E-state index contributed by atoms with van der Waals surface area (Å²) in [5.41, 5.74) is 5.66. The lowest BCUT2D eigenvalue weighted by Crippen LogP contribution is -2.41. The molecule has 2 unspecified atom stereocenters. The molecule has 0 radical (unpaired) electrons. The van der Waals surface area contributed by atoms with Crippen LogP contribution in [0.4, 0.5) is 0 Å². The number of aliphatic hydroxyl groups excluding tert-OH is 1. The molecule has 0 heterocycles. The van der Waals surface area contributed by atoms with Gasteiger partial charge in [0.1, 0.15) is 0 Å². The molecule has 1 fully saturated rings. The summed E-state index contributed by atoms with van der Waals surface area (Å²) in [6.45, 7) is 0.923. The first-order valence-electron chi connectivity index (χ1n) is 4.70. The minimum absolute atomic E-state index is 0.119. The van der Waals surface area contributed by atoms with Crippen molar-refractivity contribution in [1.82, 2.24) is 0 Å². The average Bonchev–Trinajstić information content (AvgIpc) is 2.50. The fourth-order valence-corrected chi connectivity index (χ4v) is 3.02. The second-order valence-electron chi connectivity index (χ2n) is 3.75. The zero-order chi connectivity index (χ0) is 9.73. The molecule has 0 bridgehead atoms. The standard InChI is InChI=1S/C9H19NO2S/c1-12-4-5-13-8-2-3-9(10,6-8)7-11/h8,11H,2-7,10H2,1H3. The van der Waals surface area contributed by atoms with E-state index in [1.54, 1.807) is 7.11 Å². The Morgan fingerprint density at radius 1 is 1.69 bits per heavy atom. The van der Waals surface area contributed by atoms with Gasteiger partial charge in [-0.25, -0.2) is 0 Å². The van der Waals surface area contributed by atoms with Gasteiger partial charge in [-0.2, -0.15) is 11.8 Å². The smallest absolute Gasteiger partial charge is 0.0611 e. The molecule has 0 aromatic heterocycles. The lowest BCUT2D eigenvalue weighted by atomic mass is 10.0. The Balaban J connectivity index is 2.17. The number of methoxy groups -OCH3 is 1. The first kappa shape index (κ1) is 11.3. The highest BCUT2D eigenvalue weighted by molar-refractivity contribution is 7.99. The van der Waals surface area contributed by atoms with Crippen molar-refractivity contribution in [3.05, 3.63) is 0 Å². The van der Waals surface area contributed by atoms with Gasteiger partial charge in [0.05, 0.1) is 13.2 Å². The summed E-state index contributed by atoms with van der Waals surface area (Å²) in [7, 11) is 1.72. The van der Waals surface area contributed by atoms with Crippen LogP contribution in [0.2, 0.25) is 0 Å². The number of rotatable bonds is 5. The SMILES string of the molecule is COCCSC1CCC(N)(CO)C1. The van der Waals surface area contributed by atoms with Crippen molar-refractivity contribution in [3.8, 4) is 0 Å². The number of ether oxygens (including phenoxy) is 1. The minimum atomic E-state index is -0.301. The molecule has 0 amide bonds. The van der Waals surface area contributed by atoms with Gasteiger partial charge in [0.15, 0.2) is 0 Å². The van der Waals surface area contributed by atoms with Gasteiger partial charge < -0.3 is 15.6 Å². The van der Waals surface area contributed by atoms with Crippen LogP contribution >= 0.6 is 11.8 Å². The van der Waals surface area contributed by atoms with Crippen molar-refractivity contribution in [2.45, 2.75) is 30.1 Å². The third-order valence-electron chi connectivity index (χ3n) is 2.55. The molecule has 1 saturated carbocycles. The zero-order valence-corrected chi connectivity index (χ0v) is 8.98. The molecule has 1 aliphatic carbocycles. The monoisotopic (exact) mass is 205 g/mol. The summed E-state index contributed by atoms with van der Waals surface area (Å²) < 4.78 is 4.98. The molecule has 78 valence electrons. The van der Waals surface area contributed by atoms with E-state index in [1.807, 2.05) is 11.8 Å². The molecule has 1 rings (SSSR count). The Morgan fingerprint density at radius 2 is 2.46 bits per heavy atom. The molecule has 4 heteroatoms. The van der Waals surface area contributed by atoms with Crippen molar-refractivity contribution in [1.29, 1.82) is 0 Å². The van der Waals surface area contributed by atoms with E-state index in [0.717, 1.165) is 31.6 Å². The lowest BCUT2D eigenvalue weighted by molar-refractivity contribution is 0.200. The van der Waals surface area contributed by atoms with Gasteiger partial charge >= 0.3 is 0 Å². The zero-order valence-electron chi connectivity index (χ0n) is 8.16. The van der Waals surface area contributed by atoms with Crippen molar-refractivity contribution in [2.75, 3.05) is 26.1 Å². The number of hydrogen-bond donors (Lipinski definition) is 2. The molecular formula is C9H19NO2S. The fraction of sp³-hybridized carbons (Fsp3) is 1.00. The van der Waals surface area contributed by atoms with Crippen LogP contribution in [-0.4, -0.2) is 42.0 Å². The van der Waals surface area contributed by atoms with Crippen molar-refractivity contribution in [3.63, 3.8) is 0 Å². The van der Waals surface area contributed by atoms with E-state index < -0.39 is 0 Å². The maximum atomic E-state index is 9.06. The molecule has 0 spiro atoms. The van der Waals surface area contributed by atoms with Crippen LogP contribution in [0.5, 0.6) is 0 Å². The van der Waals surface area contributed by atoms with Gasteiger partial charge in [-0.3, -0.25) is 0 Å². The van der Waals surface area contributed by atoms with Crippen LogP contribution in [0.3, 0.4) is 0 Å². The van der Waals surface area contributed by atoms with E-state index in [1.165, 1.54) is 0 Å². The normalized spacial score (nSPS) is 33.9. The van der Waals surface area contributed by atoms with Crippen LogP contribution in [0.1, 0.15) is 19.3 Å². The first-order chi connectivity index (χ1) is 6.20. The molecular weight excluding hydrogens is 186 g/mol. The maximum absolute atomic E-state index is 9.06. The Labute approximate surface area is 84.0 Å². The lowest BCUT2D eigenvalue weighted by Gasteiger charge is -2.20. The number of aliphatic hydroxyl groups is 1. The fourth-order valence-electron chi connectivity index (χ4n) is 1.69. The Morgan fingerprint density at radius 3 is 3.00 bits per heavy atom. The molecule has 2 atom stereocenters. The summed E-state index contributed by atoms with van der Waals surface area (Å²) in [5, 5.41) is 9.67. The van der Waals surface area contributed by atoms with Crippen molar-refractivity contribution >= 4 is 11.8 Å². The summed E-state index contributed by atoms with van der Waals surface area (Å²) in [6, 6.07) is 0. The Kier molecular flexibility index (Phi) is 4.52. The third kappa shape index (κ3) is 3.46. The van der Waals surface area contributed by atoms with E-state index in [-0.39, 0.29) is 12.1 Å². The molecule has 3 nitrogen and oxygen atoms in total. The summed E-state index contributed by atoms with van der Waals surface area (Å²) in [5.74, 6) is 1.03. The first-order valence-corrected chi connectivity index (χ1v) is 5.75. The molecule has 0 aliphatic heterocycles. The van der Waals surface area contributed by atoms with E-state index in [4.69, 9.17) is 15.6 Å². The summed E-state index contributed by atoms with van der Waals surface area (Å²) in [4.78, 5) is 0. The van der Waals surface area contributed by atoms with E-state index in [2.05, 4.69) is 0 Å². The van der Waals surface area contributed by atoms with Crippen LogP contribution in [0, 0.1) is 0 Å². The Bertz CT molecular complexity index is 157. The van der Waals surface area contributed by atoms with Crippen molar-refractivity contribution < 1.29 is 9.84 Å². The van der Waals surface area contributed by atoms with Crippen LogP contribution < -0.4 is 5.73 Å². The van der Waals surface area contributed by atoms with E-state index >= 15 is 0 Å². The van der Waals surface area contributed by atoms with E-state index in [9.17, 15) is 0 Å². The predicted molar refractivity (Wildman–Crippen MR) is 56.0 cm³/mol. The van der Waals surface area contributed by atoms with Crippen molar-refractivity contribution in [2.24, 2.45) is 5.73 Å². The summed E-state index contributed by atoms with van der Waals surface area (Å²) in [6.07, 6.45) is 3.03. The number of thioether (sulfide) groups is 1. The number of hydrogen-bond acceptors (Lipinski definition) is 4. The maximum Gasteiger partial charge on any atom is 0.0611 e. The van der Waals surface area contributed by atoms with Gasteiger partial charge in [-0.1, -0.05) is 0 Å². The highest BCUT2D eigenvalue weighted by Crippen LogP contribution is 2.35. The summed E-state index contributed by atoms with van der Waals surface area (Å²) >= 11 is 1.91. The largest absolute Gasteiger partial charge is 0.394 e. The number of nitrogens with two attached hydrogens (primary N) is 1. The third-order valence-corrected chi connectivity index (χ3v) is 3.83. The van der Waals surface area contributed by atoms with Gasteiger partial charge in [0, 0.05) is 23.7 Å². The highest BCUT2D eigenvalue weighted by atomic mass is 32.2. The second-order valence-corrected chi connectivity index (χ2v) is 5.16. The molecule has 0 aromatic rings. The average molecular weight is 205 g/mol. The van der Waals surface area contributed by atoms with Gasteiger partial charge in [0.2, 0.25) is 0 Å². The minimum Gasteiger partial charge on any atom is -0.394 e. The molecule has 0 saturated heterocycles. The molecule has 0 aromatic carbocycles. The molecule has 3 N–H and O–H groups in total. The highest BCUT2D eigenvalue weighted by Gasteiger charge is 2.34. The van der Waals surface area contributed by atoms with Crippen LogP contribution in [-0.2, 0) is 4.74 Å². The Hall–Kier alpha value is 0.230. The quantitative estimate of drug-likeness (QED) is 0.646. The molecule has 1 aliphatic rings. The van der Waals surface area contributed by atoms with Gasteiger partial charge in [0.25, 0.3) is 0 Å². The van der Waals surface area contributed by atoms with Gasteiger partial charge in [-0.05, 0) is 19.3 Å². The predicted octanol–water partition coefficient (Wildman–Crippen LogP) is 0.608. The molecule has 13 heavy (non-hydrogen) atoms. The van der Waals surface area contributed by atoms with E-state index in [0.29, 0.717) is 5.25 Å². The van der Waals surface area contributed by atoms with Crippen LogP contribution in [0.25, 0.3) is 0 Å². The van der Waals surface area contributed by atoms with Crippen LogP contribution in [0.15, 0.2) is 0 Å².